The average molecular weight is 267 g/mol. The number of hydrogen-bond donors (Lipinski definition) is 1. The summed E-state index contributed by atoms with van der Waals surface area (Å²) in [5.74, 6) is 0.304. The number of hydrogen-bond acceptors (Lipinski definition) is 5. The topological polar surface area (TPSA) is 76.5 Å². The summed E-state index contributed by atoms with van der Waals surface area (Å²) in [6.07, 6.45) is 1.38. The molecule has 0 saturated heterocycles. The molecule has 0 radical (unpaired) electrons. The molecule has 0 fully saturated rings. The number of H-pyrrole nitrogens is 1. The van der Waals surface area contributed by atoms with Crippen LogP contribution in [0.1, 0.15) is 24.2 Å². The quantitative estimate of drug-likeness (QED) is 0.667. The van der Waals surface area contributed by atoms with Gasteiger partial charge in [-0.1, -0.05) is 6.92 Å². The highest BCUT2D eigenvalue weighted by molar-refractivity contribution is 7.99. The van der Waals surface area contributed by atoms with E-state index in [-0.39, 0.29) is 12.2 Å². The number of aromatic nitrogens is 3. The lowest BCUT2D eigenvalue weighted by molar-refractivity contribution is 0.0524. The molecule has 2 heterocycles. The standard InChI is InChI=1S/C11H13N3O3S/c1-3-17-11(16)8-9-12-6-5-7(15)14(9)13-10(8)18-4-2/h5-6,13H,3-4H2,1-2H3. The van der Waals surface area contributed by atoms with E-state index < -0.39 is 5.97 Å². The zero-order valence-corrected chi connectivity index (χ0v) is 10.9. The van der Waals surface area contributed by atoms with Gasteiger partial charge >= 0.3 is 5.97 Å². The number of thioether (sulfide) groups is 1. The van der Waals surface area contributed by atoms with Crippen molar-refractivity contribution in [1.82, 2.24) is 14.6 Å². The first kappa shape index (κ1) is 12.7. The number of nitrogens with zero attached hydrogens (tertiary/aromatic N) is 2. The van der Waals surface area contributed by atoms with Crippen molar-refractivity contribution in [2.75, 3.05) is 12.4 Å². The van der Waals surface area contributed by atoms with Crippen molar-refractivity contribution in [3.63, 3.8) is 0 Å². The van der Waals surface area contributed by atoms with Crippen molar-refractivity contribution < 1.29 is 9.53 Å². The Morgan fingerprint density at radius 3 is 3.00 bits per heavy atom. The molecule has 0 saturated carbocycles. The summed E-state index contributed by atoms with van der Waals surface area (Å²) >= 11 is 1.43. The molecule has 0 aliphatic rings. The first-order valence-corrected chi connectivity index (χ1v) is 6.57. The summed E-state index contributed by atoms with van der Waals surface area (Å²) in [5, 5.41) is 3.48. The van der Waals surface area contributed by atoms with Crippen LogP contribution in [0.3, 0.4) is 0 Å². The monoisotopic (exact) mass is 267 g/mol. The lowest BCUT2D eigenvalue weighted by atomic mass is 10.3. The second-order valence-electron chi connectivity index (χ2n) is 3.41. The number of fused-ring (bicyclic) bond motifs is 1. The van der Waals surface area contributed by atoms with Crippen LogP contribution in [0.5, 0.6) is 0 Å². The zero-order valence-electron chi connectivity index (χ0n) is 10.1. The Labute approximate surface area is 107 Å². The van der Waals surface area contributed by atoms with Crippen LogP contribution in [0, 0.1) is 0 Å². The minimum atomic E-state index is -0.467. The van der Waals surface area contributed by atoms with Crippen LogP contribution in [0.25, 0.3) is 5.65 Å². The third-order valence-corrected chi connectivity index (χ3v) is 3.15. The maximum absolute atomic E-state index is 11.9. The van der Waals surface area contributed by atoms with Crippen LogP contribution in [-0.2, 0) is 4.74 Å². The Hall–Kier alpha value is -1.76. The molecule has 0 amide bonds. The van der Waals surface area contributed by atoms with E-state index in [1.807, 2.05) is 6.92 Å². The van der Waals surface area contributed by atoms with Gasteiger partial charge in [0.1, 0.15) is 10.6 Å². The van der Waals surface area contributed by atoms with Crippen LogP contribution in [0.2, 0.25) is 0 Å². The smallest absolute Gasteiger partial charge is 0.344 e. The Kier molecular flexibility index (Phi) is 3.71. The second-order valence-corrected chi connectivity index (χ2v) is 4.69. The molecular weight excluding hydrogens is 254 g/mol. The largest absolute Gasteiger partial charge is 0.462 e. The Morgan fingerprint density at radius 1 is 1.56 bits per heavy atom. The molecule has 2 aromatic heterocycles. The molecule has 18 heavy (non-hydrogen) atoms. The molecule has 2 rings (SSSR count). The van der Waals surface area contributed by atoms with Crippen LogP contribution >= 0.6 is 11.8 Å². The predicted molar refractivity (Wildman–Crippen MR) is 68.2 cm³/mol. The molecule has 1 N–H and O–H groups in total. The van der Waals surface area contributed by atoms with Gasteiger partial charge in [0.2, 0.25) is 0 Å². The third kappa shape index (κ3) is 2.13. The van der Waals surface area contributed by atoms with Gasteiger partial charge < -0.3 is 4.74 Å². The molecule has 7 heteroatoms. The van der Waals surface area contributed by atoms with Crippen LogP contribution in [-0.4, -0.2) is 32.9 Å². The maximum atomic E-state index is 11.9. The SMILES string of the molecule is CCOC(=O)c1c(SCC)[nH]n2c(=O)ccnc12. The summed E-state index contributed by atoms with van der Waals surface area (Å²) in [5.41, 5.74) is 0.367. The number of ether oxygens (including phenoxy) is 1. The van der Waals surface area contributed by atoms with E-state index >= 15 is 0 Å². The van der Waals surface area contributed by atoms with Gasteiger partial charge in [-0.15, -0.1) is 11.8 Å². The van der Waals surface area contributed by atoms with E-state index in [0.29, 0.717) is 16.2 Å². The van der Waals surface area contributed by atoms with Gasteiger partial charge in [0.25, 0.3) is 5.56 Å². The molecule has 0 atom stereocenters. The minimum absolute atomic E-state index is 0.256. The summed E-state index contributed by atoms with van der Waals surface area (Å²) in [4.78, 5) is 27.6. The molecule has 96 valence electrons. The number of esters is 1. The molecule has 0 unspecified atom stereocenters. The van der Waals surface area contributed by atoms with Crippen molar-refractivity contribution in [3.05, 3.63) is 28.2 Å². The van der Waals surface area contributed by atoms with E-state index in [4.69, 9.17) is 4.74 Å². The lowest BCUT2D eigenvalue weighted by Gasteiger charge is -2.01. The molecule has 0 spiro atoms. The normalized spacial score (nSPS) is 10.8. The van der Waals surface area contributed by atoms with Crippen molar-refractivity contribution >= 4 is 23.4 Å². The number of rotatable bonds is 4. The van der Waals surface area contributed by atoms with Crippen LogP contribution in [0.4, 0.5) is 0 Å². The maximum Gasteiger partial charge on any atom is 0.344 e. The van der Waals surface area contributed by atoms with Gasteiger partial charge in [-0.2, -0.15) is 4.52 Å². The molecule has 6 nitrogen and oxygen atoms in total. The van der Waals surface area contributed by atoms with Crippen LogP contribution in [0.15, 0.2) is 22.1 Å². The van der Waals surface area contributed by atoms with Gasteiger partial charge in [-0.3, -0.25) is 9.89 Å². The van der Waals surface area contributed by atoms with Gasteiger partial charge in [0, 0.05) is 12.3 Å². The molecule has 2 aromatic rings. The fourth-order valence-corrected chi connectivity index (χ4v) is 2.35. The van der Waals surface area contributed by atoms with E-state index in [1.54, 1.807) is 6.92 Å². The number of nitrogens with one attached hydrogen (secondary N) is 1. The van der Waals surface area contributed by atoms with Gasteiger partial charge in [-0.25, -0.2) is 9.78 Å². The van der Waals surface area contributed by atoms with E-state index in [0.717, 1.165) is 5.75 Å². The first-order valence-electron chi connectivity index (χ1n) is 5.58. The Bertz CT molecular complexity index is 632. The molecular formula is C11H13N3O3S. The second kappa shape index (κ2) is 5.26. The van der Waals surface area contributed by atoms with Crippen LogP contribution < -0.4 is 5.56 Å². The Balaban J connectivity index is 2.66. The number of carbonyl (C=O) groups excluding carboxylic acids is 1. The highest BCUT2D eigenvalue weighted by Gasteiger charge is 2.21. The highest BCUT2D eigenvalue weighted by atomic mass is 32.2. The van der Waals surface area contributed by atoms with Crippen molar-refractivity contribution in [2.24, 2.45) is 0 Å². The summed E-state index contributed by atoms with van der Waals surface area (Å²) in [7, 11) is 0. The summed E-state index contributed by atoms with van der Waals surface area (Å²) < 4.78 is 6.25. The zero-order chi connectivity index (χ0) is 13.1. The van der Waals surface area contributed by atoms with E-state index in [2.05, 4.69) is 10.1 Å². The van der Waals surface area contributed by atoms with Crippen molar-refractivity contribution in [2.45, 2.75) is 18.9 Å². The highest BCUT2D eigenvalue weighted by Crippen LogP contribution is 2.24. The van der Waals surface area contributed by atoms with E-state index in [1.165, 1.54) is 28.5 Å². The Morgan fingerprint density at radius 2 is 2.33 bits per heavy atom. The third-order valence-electron chi connectivity index (χ3n) is 2.28. The van der Waals surface area contributed by atoms with Gasteiger partial charge in [0.05, 0.1) is 6.61 Å². The number of carbonyl (C=O) groups is 1. The summed E-state index contributed by atoms with van der Waals surface area (Å²) in [6, 6.07) is 1.33. The lowest BCUT2D eigenvalue weighted by Crippen LogP contribution is -2.13. The predicted octanol–water partition coefficient (Wildman–Crippen LogP) is 1.31. The number of aromatic amines is 1. The fourth-order valence-electron chi connectivity index (χ4n) is 1.59. The van der Waals surface area contributed by atoms with Crippen molar-refractivity contribution in [1.29, 1.82) is 0 Å². The first-order chi connectivity index (χ1) is 8.69. The minimum Gasteiger partial charge on any atom is -0.462 e. The molecule has 0 bridgehead atoms. The van der Waals surface area contributed by atoms with E-state index in [9.17, 15) is 9.59 Å². The van der Waals surface area contributed by atoms with Gasteiger partial charge in [0.15, 0.2) is 5.65 Å². The van der Waals surface area contributed by atoms with Crippen molar-refractivity contribution in [3.8, 4) is 0 Å². The molecule has 0 aliphatic carbocycles. The fraction of sp³-hybridized carbons (Fsp3) is 0.364. The summed E-state index contributed by atoms with van der Waals surface area (Å²) in [6.45, 7) is 3.98. The molecule has 0 aromatic carbocycles. The average Bonchev–Trinajstić information content (AvgIpc) is 2.70. The molecule has 0 aliphatic heterocycles. The van der Waals surface area contributed by atoms with Gasteiger partial charge in [-0.05, 0) is 12.7 Å².